The van der Waals surface area contributed by atoms with Crippen molar-refractivity contribution >= 4 is 5.78 Å². The molecular weight excluding hydrogens is 340 g/mol. The van der Waals surface area contributed by atoms with Gasteiger partial charge in [0.25, 0.3) is 0 Å². The van der Waals surface area contributed by atoms with E-state index in [1.54, 1.807) is 0 Å². The fraction of sp³-hybridized carbons (Fsp3) is 0.889. The number of hydrogen-bond donors (Lipinski definition) is 0. The lowest BCUT2D eigenvalue weighted by atomic mass is 9.46. The van der Waals surface area contributed by atoms with Crippen LogP contribution in [0.15, 0.2) is 12.2 Å². The van der Waals surface area contributed by atoms with Gasteiger partial charge in [-0.1, -0.05) is 66.0 Å². The van der Waals surface area contributed by atoms with E-state index >= 15 is 0 Å². The summed E-state index contributed by atoms with van der Waals surface area (Å²) in [5.41, 5.74) is 0.937. The molecule has 0 bridgehead atoms. The van der Waals surface area contributed by atoms with Crippen molar-refractivity contribution in [3.8, 4) is 0 Å². The van der Waals surface area contributed by atoms with Crippen molar-refractivity contribution in [3.05, 3.63) is 12.2 Å². The molecule has 8 atom stereocenters. The summed E-state index contributed by atoms with van der Waals surface area (Å²) in [6.45, 7) is 12.5. The summed E-state index contributed by atoms with van der Waals surface area (Å²) in [4.78, 5) is 12.1. The molecule has 3 fully saturated rings. The number of Topliss-reactive ketones (excluding diaryl/α,β-unsaturated/α-hetero) is 1. The van der Waals surface area contributed by atoms with Crippen molar-refractivity contribution in [2.24, 2.45) is 52.3 Å². The molecular formula is C27H44O. The number of carbonyl (C=O) groups excluding carboxylic acids is 1. The first-order chi connectivity index (χ1) is 13.3. The molecule has 28 heavy (non-hydrogen) atoms. The van der Waals surface area contributed by atoms with Crippen LogP contribution in [-0.4, -0.2) is 5.78 Å². The topological polar surface area (TPSA) is 17.1 Å². The SMILES string of the molecule is CC(C)CCC[C@@H](C)[C@@H]1CC[C@@H]2[C@@H]3C=C[C@H]4CC(=O)CC[C@]4(C)[C@H]3CC[C@]21C. The first kappa shape index (κ1) is 20.7. The highest BCUT2D eigenvalue weighted by Crippen LogP contribution is 2.66. The van der Waals surface area contributed by atoms with E-state index in [0.29, 0.717) is 22.5 Å². The van der Waals surface area contributed by atoms with Gasteiger partial charge in [-0.25, -0.2) is 0 Å². The molecule has 4 aliphatic carbocycles. The molecule has 0 spiro atoms. The van der Waals surface area contributed by atoms with Gasteiger partial charge in [-0.3, -0.25) is 4.79 Å². The lowest BCUT2D eigenvalue weighted by molar-refractivity contribution is -0.128. The van der Waals surface area contributed by atoms with Crippen molar-refractivity contribution < 1.29 is 4.79 Å². The maximum absolute atomic E-state index is 12.1. The van der Waals surface area contributed by atoms with Crippen LogP contribution >= 0.6 is 0 Å². The minimum atomic E-state index is 0.385. The molecule has 0 saturated heterocycles. The zero-order chi connectivity index (χ0) is 20.1. The first-order valence-corrected chi connectivity index (χ1v) is 12.5. The third-order valence-electron chi connectivity index (χ3n) is 10.2. The van der Waals surface area contributed by atoms with Crippen LogP contribution in [0.2, 0.25) is 0 Å². The molecule has 4 aliphatic rings. The van der Waals surface area contributed by atoms with Gasteiger partial charge < -0.3 is 0 Å². The lowest BCUT2D eigenvalue weighted by Gasteiger charge is -2.58. The Kier molecular flexibility index (Phi) is 5.60. The molecule has 0 aromatic rings. The van der Waals surface area contributed by atoms with Crippen LogP contribution in [0.25, 0.3) is 0 Å². The zero-order valence-electron chi connectivity index (χ0n) is 19.2. The second-order valence-electron chi connectivity index (χ2n) is 12.1. The first-order valence-electron chi connectivity index (χ1n) is 12.5. The molecule has 158 valence electrons. The Morgan fingerprint density at radius 2 is 1.71 bits per heavy atom. The summed E-state index contributed by atoms with van der Waals surface area (Å²) in [5.74, 6) is 6.16. The van der Waals surface area contributed by atoms with Crippen LogP contribution in [0, 0.1) is 52.3 Å². The van der Waals surface area contributed by atoms with Gasteiger partial charge in [-0.15, -0.1) is 0 Å². The summed E-state index contributed by atoms with van der Waals surface area (Å²) >= 11 is 0. The van der Waals surface area contributed by atoms with Gasteiger partial charge in [-0.05, 0) is 84.4 Å². The average Bonchev–Trinajstić information content (AvgIpc) is 2.99. The zero-order valence-corrected chi connectivity index (χ0v) is 19.2. The second kappa shape index (κ2) is 7.59. The maximum atomic E-state index is 12.1. The van der Waals surface area contributed by atoms with Crippen LogP contribution in [0.4, 0.5) is 0 Å². The minimum absolute atomic E-state index is 0.385. The number of rotatable bonds is 5. The molecule has 3 saturated carbocycles. The summed E-state index contributed by atoms with van der Waals surface area (Å²) in [6.07, 6.45) is 17.8. The van der Waals surface area contributed by atoms with Crippen LogP contribution in [-0.2, 0) is 4.79 Å². The second-order valence-corrected chi connectivity index (χ2v) is 12.1. The minimum Gasteiger partial charge on any atom is -0.300 e. The molecule has 0 heterocycles. The Morgan fingerprint density at radius 1 is 0.964 bits per heavy atom. The Morgan fingerprint density at radius 3 is 2.46 bits per heavy atom. The van der Waals surface area contributed by atoms with Crippen LogP contribution < -0.4 is 0 Å². The number of allylic oxidation sites excluding steroid dienone is 2. The third-order valence-corrected chi connectivity index (χ3v) is 10.2. The third kappa shape index (κ3) is 3.33. The molecule has 0 radical (unpaired) electrons. The number of fused-ring (bicyclic) bond motifs is 5. The van der Waals surface area contributed by atoms with Gasteiger partial charge in [-0.2, -0.15) is 0 Å². The largest absolute Gasteiger partial charge is 0.300 e. The van der Waals surface area contributed by atoms with Crippen LogP contribution in [0.5, 0.6) is 0 Å². The highest BCUT2D eigenvalue weighted by Gasteiger charge is 2.59. The van der Waals surface area contributed by atoms with E-state index in [-0.39, 0.29) is 0 Å². The Labute approximate surface area is 174 Å². The summed E-state index contributed by atoms with van der Waals surface area (Å²) in [5, 5.41) is 0. The van der Waals surface area contributed by atoms with Gasteiger partial charge in [0, 0.05) is 12.8 Å². The summed E-state index contributed by atoms with van der Waals surface area (Å²) in [7, 11) is 0. The Bertz CT molecular complexity index is 618. The molecule has 0 aliphatic heterocycles. The fourth-order valence-electron chi connectivity index (χ4n) is 8.44. The summed E-state index contributed by atoms with van der Waals surface area (Å²) in [6, 6.07) is 0. The van der Waals surface area contributed by atoms with Gasteiger partial charge in [0.15, 0.2) is 0 Å². The predicted molar refractivity (Wildman–Crippen MR) is 118 cm³/mol. The van der Waals surface area contributed by atoms with Gasteiger partial charge in [0.05, 0.1) is 0 Å². The van der Waals surface area contributed by atoms with E-state index < -0.39 is 0 Å². The van der Waals surface area contributed by atoms with Crippen LogP contribution in [0.1, 0.15) is 98.8 Å². The van der Waals surface area contributed by atoms with Gasteiger partial charge >= 0.3 is 0 Å². The highest BCUT2D eigenvalue weighted by atomic mass is 16.1. The normalized spacial score (nSPS) is 46.2. The van der Waals surface area contributed by atoms with Gasteiger partial charge in [0.2, 0.25) is 0 Å². The van der Waals surface area contributed by atoms with Crippen molar-refractivity contribution in [3.63, 3.8) is 0 Å². The predicted octanol–water partition coefficient (Wildman–Crippen LogP) is 7.45. The molecule has 1 nitrogen and oxygen atoms in total. The van der Waals surface area contributed by atoms with E-state index in [1.807, 2.05) is 0 Å². The van der Waals surface area contributed by atoms with Crippen molar-refractivity contribution in [1.82, 2.24) is 0 Å². The molecule has 4 rings (SSSR count). The lowest BCUT2D eigenvalue weighted by Crippen LogP contribution is -2.52. The van der Waals surface area contributed by atoms with Crippen molar-refractivity contribution in [1.29, 1.82) is 0 Å². The molecule has 0 amide bonds. The number of carbonyl (C=O) groups is 1. The molecule has 0 aromatic heterocycles. The monoisotopic (exact) mass is 384 g/mol. The van der Waals surface area contributed by atoms with E-state index in [9.17, 15) is 4.79 Å². The Balaban J connectivity index is 1.50. The maximum Gasteiger partial charge on any atom is 0.133 e. The number of hydrogen-bond acceptors (Lipinski definition) is 1. The standard InChI is InChI=1S/C27H44O/c1-18(2)7-6-8-19(3)23-11-12-24-22-10-9-20-17-21(28)13-15-26(20,4)25(22)14-16-27(23,24)5/h9-10,18-20,22-25H,6-8,11-17H2,1-5H3/t19-,20+,22+,23+,24-,25+,26+,27+/m1/s1. The number of ketones is 1. The molecule has 1 heteroatoms. The average molecular weight is 385 g/mol. The fourth-order valence-corrected chi connectivity index (χ4v) is 8.44. The molecule has 0 N–H and O–H groups in total. The summed E-state index contributed by atoms with van der Waals surface area (Å²) < 4.78 is 0. The van der Waals surface area contributed by atoms with E-state index in [2.05, 4.69) is 46.8 Å². The molecule has 0 aromatic carbocycles. The van der Waals surface area contributed by atoms with Crippen LogP contribution in [0.3, 0.4) is 0 Å². The van der Waals surface area contributed by atoms with Crippen molar-refractivity contribution in [2.75, 3.05) is 0 Å². The van der Waals surface area contributed by atoms with Crippen molar-refractivity contribution in [2.45, 2.75) is 98.8 Å². The Hall–Kier alpha value is -0.590. The van der Waals surface area contributed by atoms with E-state index in [1.165, 1.54) is 44.9 Å². The molecule has 0 unspecified atom stereocenters. The smallest absolute Gasteiger partial charge is 0.133 e. The quantitative estimate of drug-likeness (QED) is 0.450. The van der Waals surface area contributed by atoms with Gasteiger partial charge in [0.1, 0.15) is 5.78 Å². The van der Waals surface area contributed by atoms with E-state index in [4.69, 9.17) is 0 Å². The van der Waals surface area contributed by atoms with E-state index in [0.717, 1.165) is 54.8 Å². The highest BCUT2D eigenvalue weighted by molar-refractivity contribution is 5.80.